The highest BCUT2D eigenvalue weighted by Gasteiger charge is 2.36. The van der Waals surface area contributed by atoms with Gasteiger partial charge in [-0.25, -0.2) is 13.6 Å². The first-order chi connectivity index (χ1) is 16.4. The molecule has 1 atom stereocenters. The molecule has 4 aromatic rings. The van der Waals surface area contributed by atoms with E-state index in [2.05, 4.69) is 15.5 Å². The van der Waals surface area contributed by atoms with Gasteiger partial charge in [0.25, 0.3) is 5.89 Å². The van der Waals surface area contributed by atoms with Crippen LogP contribution >= 0.6 is 11.6 Å². The molecule has 0 saturated carbocycles. The van der Waals surface area contributed by atoms with Gasteiger partial charge in [-0.1, -0.05) is 41.0 Å². The molecule has 2 heterocycles. The standard InChI is InChI=1S/C25H17ClF2N4O2/c1-14-21(24-30-23(31-34-24)16-5-3-7-19(28)13-16)22(15-4-2-6-17(26)12-15)29-25(33)32(14)20-10-8-18(27)9-11-20/h2-13,22H,1H3,(H,29,33). The monoisotopic (exact) mass is 478 g/mol. The summed E-state index contributed by atoms with van der Waals surface area (Å²) in [6, 6.07) is 17.4. The lowest BCUT2D eigenvalue weighted by Crippen LogP contribution is -2.46. The van der Waals surface area contributed by atoms with Crippen molar-refractivity contribution in [1.29, 1.82) is 0 Å². The van der Waals surface area contributed by atoms with Crippen molar-refractivity contribution >= 4 is 28.9 Å². The summed E-state index contributed by atoms with van der Waals surface area (Å²) >= 11 is 6.21. The molecule has 0 aliphatic carbocycles. The summed E-state index contributed by atoms with van der Waals surface area (Å²) in [5.41, 5.74) is 2.65. The third kappa shape index (κ3) is 4.04. The number of aromatic nitrogens is 2. The Bertz CT molecular complexity index is 1420. The predicted molar refractivity (Wildman–Crippen MR) is 124 cm³/mol. The van der Waals surface area contributed by atoms with Crippen LogP contribution in [0, 0.1) is 11.6 Å². The van der Waals surface area contributed by atoms with E-state index in [1.54, 1.807) is 37.3 Å². The summed E-state index contributed by atoms with van der Waals surface area (Å²) in [4.78, 5) is 19.0. The van der Waals surface area contributed by atoms with Gasteiger partial charge in [-0.2, -0.15) is 4.98 Å². The van der Waals surface area contributed by atoms with Crippen molar-refractivity contribution in [3.05, 3.63) is 107 Å². The molecule has 6 nitrogen and oxygen atoms in total. The van der Waals surface area contributed by atoms with E-state index in [4.69, 9.17) is 16.1 Å². The van der Waals surface area contributed by atoms with Crippen molar-refractivity contribution in [2.45, 2.75) is 13.0 Å². The van der Waals surface area contributed by atoms with E-state index in [-0.39, 0.29) is 11.7 Å². The molecule has 5 rings (SSSR count). The maximum Gasteiger partial charge on any atom is 0.326 e. The summed E-state index contributed by atoms with van der Waals surface area (Å²) in [7, 11) is 0. The lowest BCUT2D eigenvalue weighted by Gasteiger charge is -2.35. The quantitative estimate of drug-likeness (QED) is 0.370. The molecule has 0 spiro atoms. The van der Waals surface area contributed by atoms with E-state index in [9.17, 15) is 13.6 Å². The van der Waals surface area contributed by atoms with Crippen molar-refractivity contribution in [2.24, 2.45) is 0 Å². The molecule has 9 heteroatoms. The van der Waals surface area contributed by atoms with Gasteiger partial charge >= 0.3 is 6.03 Å². The fraction of sp³-hybridized carbons (Fsp3) is 0.0800. The summed E-state index contributed by atoms with van der Waals surface area (Å²) in [6.07, 6.45) is 0. The van der Waals surface area contributed by atoms with Crippen LogP contribution in [0.3, 0.4) is 0 Å². The van der Waals surface area contributed by atoms with Crippen LogP contribution in [-0.4, -0.2) is 16.2 Å². The van der Waals surface area contributed by atoms with Gasteiger partial charge in [-0.3, -0.25) is 4.90 Å². The van der Waals surface area contributed by atoms with Gasteiger partial charge in [0, 0.05) is 16.3 Å². The Morgan fingerprint density at radius 1 is 1.00 bits per heavy atom. The van der Waals surface area contributed by atoms with Crippen LogP contribution in [0.25, 0.3) is 17.0 Å². The third-order valence-electron chi connectivity index (χ3n) is 5.49. The van der Waals surface area contributed by atoms with Crippen LogP contribution in [0.5, 0.6) is 0 Å². The molecule has 0 saturated heterocycles. The minimum Gasteiger partial charge on any atom is -0.334 e. The molecule has 0 bridgehead atoms. The summed E-state index contributed by atoms with van der Waals surface area (Å²) < 4.78 is 32.8. The lowest BCUT2D eigenvalue weighted by atomic mass is 9.94. The minimum atomic E-state index is -0.649. The van der Waals surface area contributed by atoms with Gasteiger partial charge in [0.15, 0.2) is 0 Å². The molecule has 1 aliphatic rings. The van der Waals surface area contributed by atoms with E-state index in [0.29, 0.717) is 33.1 Å². The SMILES string of the molecule is CC1=C(c2nc(-c3cccc(F)c3)no2)C(c2cccc(Cl)c2)NC(=O)N1c1ccc(F)cc1. The highest BCUT2D eigenvalue weighted by molar-refractivity contribution is 6.30. The first-order valence-corrected chi connectivity index (χ1v) is 10.7. The topological polar surface area (TPSA) is 71.3 Å². The van der Waals surface area contributed by atoms with Crippen LogP contribution in [0.15, 0.2) is 83.0 Å². The summed E-state index contributed by atoms with van der Waals surface area (Å²) in [6.45, 7) is 1.74. The molecule has 3 aromatic carbocycles. The normalized spacial score (nSPS) is 16.1. The first kappa shape index (κ1) is 21.8. The fourth-order valence-electron chi connectivity index (χ4n) is 3.93. The molecule has 1 aromatic heterocycles. The van der Waals surface area contributed by atoms with Crippen molar-refractivity contribution < 1.29 is 18.1 Å². The fourth-order valence-corrected chi connectivity index (χ4v) is 4.13. The maximum absolute atomic E-state index is 13.7. The molecule has 1 unspecified atom stereocenters. The Hall–Kier alpha value is -4.04. The van der Waals surface area contributed by atoms with E-state index in [0.717, 1.165) is 0 Å². The smallest absolute Gasteiger partial charge is 0.326 e. The van der Waals surface area contributed by atoms with Gasteiger partial charge in [-0.15, -0.1) is 0 Å². The van der Waals surface area contributed by atoms with Crippen LogP contribution < -0.4 is 10.2 Å². The average molecular weight is 479 g/mol. The molecule has 2 amide bonds. The lowest BCUT2D eigenvalue weighted by molar-refractivity contribution is 0.244. The minimum absolute atomic E-state index is 0.147. The van der Waals surface area contributed by atoms with Crippen LogP contribution in [0.1, 0.15) is 24.4 Å². The number of anilines is 1. The molecule has 34 heavy (non-hydrogen) atoms. The maximum atomic E-state index is 13.7. The van der Waals surface area contributed by atoms with Crippen molar-refractivity contribution in [3.63, 3.8) is 0 Å². The van der Waals surface area contributed by atoms with Gasteiger partial charge in [0.2, 0.25) is 5.82 Å². The van der Waals surface area contributed by atoms with Gasteiger partial charge in [0.05, 0.1) is 17.3 Å². The largest absolute Gasteiger partial charge is 0.334 e. The Morgan fingerprint density at radius 2 is 1.76 bits per heavy atom. The molecule has 0 radical (unpaired) electrons. The zero-order valence-electron chi connectivity index (χ0n) is 17.8. The highest BCUT2D eigenvalue weighted by Crippen LogP contribution is 2.39. The van der Waals surface area contributed by atoms with Gasteiger partial charge < -0.3 is 9.84 Å². The Kier molecular flexibility index (Phi) is 5.59. The first-order valence-electron chi connectivity index (χ1n) is 10.3. The number of nitrogens with one attached hydrogen (secondary N) is 1. The molecule has 0 fully saturated rings. The highest BCUT2D eigenvalue weighted by atomic mass is 35.5. The summed E-state index contributed by atoms with van der Waals surface area (Å²) in [5, 5.41) is 7.46. The predicted octanol–water partition coefficient (Wildman–Crippen LogP) is 6.37. The third-order valence-corrected chi connectivity index (χ3v) is 5.73. The summed E-state index contributed by atoms with van der Waals surface area (Å²) in [5.74, 6) is -0.501. The number of carbonyl (C=O) groups excluding carboxylic acids is 1. The van der Waals surface area contributed by atoms with E-state index in [1.165, 1.54) is 41.3 Å². The molecular weight excluding hydrogens is 462 g/mol. The van der Waals surface area contributed by atoms with Crippen LogP contribution in [-0.2, 0) is 0 Å². The number of urea groups is 1. The zero-order chi connectivity index (χ0) is 23.8. The van der Waals surface area contributed by atoms with Crippen molar-refractivity contribution in [2.75, 3.05) is 4.90 Å². The molecule has 1 N–H and O–H groups in total. The number of amides is 2. The number of hydrogen-bond donors (Lipinski definition) is 1. The van der Waals surface area contributed by atoms with Crippen LogP contribution in [0.4, 0.5) is 19.3 Å². The number of carbonyl (C=O) groups is 1. The second-order valence-corrected chi connectivity index (χ2v) is 8.12. The van der Waals surface area contributed by atoms with Gasteiger partial charge in [0.1, 0.15) is 11.6 Å². The second-order valence-electron chi connectivity index (χ2n) is 7.68. The Balaban J connectivity index is 1.66. The van der Waals surface area contributed by atoms with E-state index >= 15 is 0 Å². The second kappa shape index (κ2) is 8.72. The molecular formula is C25H17ClF2N4O2. The number of hydrogen-bond acceptors (Lipinski definition) is 4. The number of halogens is 3. The Labute approximate surface area is 198 Å². The van der Waals surface area contributed by atoms with Gasteiger partial charge in [-0.05, 0) is 61.0 Å². The van der Waals surface area contributed by atoms with Crippen molar-refractivity contribution in [1.82, 2.24) is 15.5 Å². The average Bonchev–Trinajstić information content (AvgIpc) is 3.30. The Morgan fingerprint density at radius 3 is 2.50 bits per heavy atom. The zero-order valence-corrected chi connectivity index (χ0v) is 18.6. The number of allylic oxidation sites excluding steroid dienone is 1. The van der Waals surface area contributed by atoms with E-state index in [1.807, 2.05) is 6.07 Å². The number of benzene rings is 3. The van der Waals surface area contributed by atoms with Crippen molar-refractivity contribution in [3.8, 4) is 11.4 Å². The molecule has 170 valence electrons. The van der Waals surface area contributed by atoms with Crippen LogP contribution in [0.2, 0.25) is 5.02 Å². The number of nitrogens with zero attached hydrogens (tertiary/aromatic N) is 3. The molecule has 1 aliphatic heterocycles. The number of rotatable bonds is 4. The van der Waals surface area contributed by atoms with E-state index < -0.39 is 23.7 Å².